The number of aromatic carboxylic acids is 2. The minimum absolute atomic E-state index is 0.0125. The molecule has 0 bridgehead atoms. The van der Waals surface area contributed by atoms with Gasteiger partial charge in [0.1, 0.15) is 21.3 Å². The van der Waals surface area contributed by atoms with Crippen molar-refractivity contribution in [1.82, 2.24) is 0 Å². The largest absolute Gasteiger partial charge is 0.478 e. The van der Waals surface area contributed by atoms with Crippen molar-refractivity contribution >= 4 is 71.4 Å². The molecule has 284 valence electrons. The van der Waals surface area contributed by atoms with Gasteiger partial charge in [-0.1, -0.05) is 36.9 Å². The van der Waals surface area contributed by atoms with Gasteiger partial charge in [-0.2, -0.15) is 16.8 Å². The minimum atomic E-state index is -5.01. The highest BCUT2D eigenvalue weighted by molar-refractivity contribution is 7.92. The molecule has 0 amide bonds. The van der Waals surface area contributed by atoms with Crippen molar-refractivity contribution in [2.45, 2.75) is 35.5 Å². The van der Waals surface area contributed by atoms with Crippen molar-refractivity contribution in [3.63, 3.8) is 0 Å². The van der Waals surface area contributed by atoms with Crippen LogP contribution in [-0.4, -0.2) is 56.5 Å². The van der Waals surface area contributed by atoms with Crippen LogP contribution in [0.1, 0.15) is 48.5 Å². The lowest BCUT2D eigenvalue weighted by Crippen LogP contribution is -2.20. The van der Waals surface area contributed by atoms with Crippen LogP contribution in [0.3, 0.4) is 0 Å². The maximum Gasteiger partial charge on any atom is 0.335 e. The maximum absolute atomic E-state index is 13.7. The van der Waals surface area contributed by atoms with Gasteiger partial charge in [0.2, 0.25) is 0 Å². The van der Waals surface area contributed by atoms with Crippen LogP contribution in [0.5, 0.6) is 11.5 Å². The molecule has 1 aliphatic rings. The zero-order valence-corrected chi connectivity index (χ0v) is 31.3. The van der Waals surface area contributed by atoms with Gasteiger partial charge in [-0.3, -0.25) is 13.8 Å². The Morgan fingerprint density at radius 2 is 1.29 bits per heavy atom. The fourth-order valence-electron chi connectivity index (χ4n) is 6.46. The second-order valence-electron chi connectivity index (χ2n) is 12.5. The van der Waals surface area contributed by atoms with E-state index in [1.165, 1.54) is 45.0 Å². The molecule has 0 unspecified atom stereocenters. The summed E-state index contributed by atoms with van der Waals surface area (Å²) in [5, 5.41) is 23.1. The van der Waals surface area contributed by atoms with Gasteiger partial charge in [0.15, 0.2) is 0 Å². The number of rotatable bonds is 10. The molecule has 0 radical (unpaired) electrons. The van der Waals surface area contributed by atoms with Crippen LogP contribution >= 0.6 is 0 Å². The van der Waals surface area contributed by atoms with Crippen molar-refractivity contribution in [3.8, 4) is 11.5 Å². The predicted molar refractivity (Wildman–Crippen MR) is 201 cm³/mol. The van der Waals surface area contributed by atoms with E-state index in [1.807, 2.05) is 0 Å². The number of anilines is 3. The molecule has 0 aromatic heterocycles. The van der Waals surface area contributed by atoms with Crippen molar-refractivity contribution in [3.05, 3.63) is 128 Å². The maximum atomic E-state index is 13.7. The first kappa shape index (κ1) is 38.7. The van der Waals surface area contributed by atoms with Crippen LogP contribution < -0.4 is 25.2 Å². The van der Waals surface area contributed by atoms with Crippen LogP contribution in [0.15, 0.2) is 93.5 Å². The van der Waals surface area contributed by atoms with Crippen molar-refractivity contribution in [2.75, 3.05) is 10.0 Å². The zero-order valence-electron chi connectivity index (χ0n) is 28.9. The smallest absolute Gasteiger partial charge is 0.335 e. The lowest BCUT2D eigenvalue weighted by molar-refractivity contribution is 0.0696. The standard InChI is InChI=1S/C37H30N2O13S3/c1-18-9-11-26-29(13-18)52-30-17-24(10-12-27(30)32(26)28-7-5-6-8-31(28)54(46,47)48)38-33-19(2)34(21(4)35(20(33)3)55(49,50)51)39-53(44,45)25-15-22(36(40)41)14-23(16-25)37(42)43/h5-17,38-39H,1H2,2-4H3,(H,40,41)(H,42,43)(H,46,47,48)(H,49,50,51). The number of carbonyl (C=O) groups is 2. The van der Waals surface area contributed by atoms with Crippen molar-refractivity contribution < 1.29 is 58.9 Å². The van der Waals surface area contributed by atoms with Gasteiger partial charge in [-0.15, -0.1) is 0 Å². The molecule has 0 fully saturated rings. The van der Waals surface area contributed by atoms with Crippen LogP contribution in [0.25, 0.3) is 12.2 Å². The van der Waals surface area contributed by atoms with E-state index in [1.54, 1.807) is 36.4 Å². The second-order valence-corrected chi connectivity index (χ2v) is 16.9. The third-order valence-electron chi connectivity index (χ3n) is 8.88. The van der Waals surface area contributed by atoms with Crippen LogP contribution in [-0.2, 0) is 30.3 Å². The van der Waals surface area contributed by atoms with Gasteiger partial charge in [-0.25, -0.2) is 18.0 Å². The van der Waals surface area contributed by atoms with E-state index >= 15 is 0 Å². The number of hydrogen-bond acceptors (Lipinski definition) is 10. The topological polar surface area (TPSA) is 251 Å². The van der Waals surface area contributed by atoms with Crippen LogP contribution in [0.2, 0.25) is 0 Å². The summed E-state index contributed by atoms with van der Waals surface area (Å²) in [5.41, 5.74) is -0.403. The highest BCUT2D eigenvalue weighted by Gasteiger charge is 2.30. The summed E-state index contributed by atoms with van der Waals surface area (Å²) in [6.07, 6.45) is 0. The molecule has 0 aliphatic carbocycles. The Morgan fingerprint density at radius 1 is 0.673 bits per heavy atom. The molecule has 55 heavy (non-hydrogen) atoms. The first-order chi connectivity index (χ1) is 25.6. The van der Waals surface area contributed by atoms with Gasteiger partial charge in [-0.05, 0) is 85.1 Å². The summed E-state index contributed by atoms with van der Waals surface area (Å²) in [7, 11) is -14.5. The van der Waals surface area contributed by atoms with E-state index in [0.29, 0.717) is 27.3 Å². The van der Waals surface area contributed by atoms with Gasteiger partial charge >= 0.3 is 11.9 Å². The zero-order chi connectivity index (χ0) is 40.4. The lowest BCUT2D eigenvalue weighted by atomic mass is 9.92. The number of carboxylic acid groups (broad SMARTS) is 2. The number of hydrogen-bond donors (Lipinski definition) is 6. The molecule has 1 aliphatic heterocycles. The van der Waals surface area contributed by atoms with Gasteiger partial charge < -0.3 is 20.3 Å². The molecule has 6 N–H and O–H groups in total. The molecule has 0 atom stereocenters. The highest BCUT2D eigenvalue weighted by Crippen LogP contribution is 2.43. The van der Waals surface area contributed by atoms with Gasteiger partial charge in [0.25, 0.3) is 30.3 Å². The second kappa shape index (κ2) is 13.7. The molecule has 0 spiro atoms. The number of sulfonamides is 1. The first-order valence-corrected chi connectivity index (χ1v) is 20.2. The molecular formula is C37H30N2O13S3. The Labute approximate surface area is 314 Å². The fourth-order valence-corrected chi connectivity index (χ4v) is 9.40. The third kappa shape index (κ3) is 7.28. The number of carboxylic acids is 2. The quantitative estimate of drug-likeness (QED) is 0.102. The predicted octanol–water partition coefficient (Wildman–Crippen LogP) is 4.81. The Hall–Kier alpha value is -6.05. The monoisotopic (exact) mass is 806 g/mol. The van der Waals surface area contributed by atoms with E-state index in [2.05, 4.69) is 16.6 Å². The lowest BCUT2D eigenvalue weighted by Gasteiger charge is -2.25. The summed E-state index contributed by atoms with van der Waals surface area (Å²) in [5.74, 6) is -2.68. The molecule has 15 nitrogen and oxygen atoms in total. The summed E-state index contributed by atoms with van der Waals surface area (Å²) < 4.78 is 107. The number of nitrogens with one attached hydrogen (secondary N) is 2. The minimum Gasteiger partial charge on any atom is -0.478 e. The van der Waals surface area contributed by atoms with Gasteiger partial charge in [0, 0.05) is 39.4 Å². The van der Waals surface area contributed by atoms with Crippen LogP contribution in [0.4, 0.5) is 17.1 Å². The summed E-state index contributed by atoms with van der Waals surface area (Å²) in [6, 6.07) is 17.8. The average Bonchev–Trinajstić information content (AvgIpc) is 3.09. The van der Waals surface area contributed by atoms with Crippen molar-refractivity contribution in [2.24, 2.45) is 0 Å². The van der Waals surface area contributed by atoms with E-state index in [4.69, 9.17) is 4.74 Å². The van der Waals surface area contributed by atoms with Crippen molar-refractivity contribution in [1.29, 1.82) is 0 Å². The van der Waals surface area contributed by atoms with E-state index in [-0.39, 0.29) is 50.0 Å². The summed E-state index contributed by atoms with van der Waals surface area (Å²) in [4.78, 5) is 21.6. The Kier molecular flexibility index (Phi) is 9.61. The fraction of sp³-hybridized carbons (Fsp3) is 0.0811. The molecule has 5 aromatic rings. The first-order valence-electron chi connectivity index (χ1n) is 15.8. The van der Waals surface area contributed by atoms with Crippen LogP contribution in [0, 0.1) is 20.8 Å². The molecule has 6 rings (SSSR count). The third-order valence-corrected chi connectivity index (χ3v) is 12.2. The molecule has 1 heterocycles. The van der Waals surface area contributed by atoms with E-state index < -0.39 is 63.1 Å². The Balaban J connectivity index is 1.51. The average molecular weight is 807 g/mol. The molecule has 0 saturated heterocycles. The highest BCUT2D eigenvalue weighted by atomic mass is 32.2. The molecular weight excluding hydrogens is 777 g/mol. The van der Waals surface area contributed by atoms with E-state index in [9.17, 15) is 54.2 Å². The Morgan fingerprint density at radius 3 is 1.89 bits per heavy atom. The molecule has 18 heteroatoms. The van der Waals surface area contributed by atoms with Gasteiger partial charge in [0.05, 0.1) is 21.7 Å². The summed E-state index contributed by atoms with van der Waals surface area (Å²) in [6.45, 7) is 8.00. The Bertz CT molecular complexity index is 2950. The normalized spacial score (nSPS) is 12.6. The number of fused-ring (bicyclic) bond motifs is 2. The molecule has 0 saturated carbocycles. The summed E-state index contributed by atoms with van der Waals surface area (Å²) >= 11 is 0. The number of benzene rings is 5. The SMILES string of the molecule is C=c1ccc2c(c1)Oc1cc(Nc3c(C)c(NS(=O)(=O)c4cc(C(=O)O)cc(C(=O)O)c4)c(C)c(S(=O)(=O)O)c3C)ccc1C=2c1ccccc1S(=O)(=O)O. The number of ether oxygens (including phenoxy) is 1. The molecule has 5 aromatic carbocycles. The van der Waals surface area contributed by atoms with E-state index in [0.717, 1.165) is 18.2 Å².